The van der Waals surface area contributed by atoms with Gasteiger partial charge in [-0.3, -0.25) is 4.98 Å². The van der Waals surface area contributed by atoms with Crippen LogP contribution < -0.4 is 10.1 Å². The first-order chi connectivity index (χ1) is 8.52. The lowest BCUT2D eigenvalue weighted by molar-refractivity contribution is 0.241. The fraction of sp³-hybridized carbons (Fsp3) is 0.667. The molecule has 102 valence electrons. The van der Waals surface area contributed by atoms with Crippen molar-refractivity contribution >= 4 is 0 Å². The predicted molar refractivity (Wildman–Crippen MR) is 76.2 cm³/mol. The second-order valence-electron chi connectivity index (χ2n) is 5.22. The summed E-state index contributed by atoms with van der Waals surface area (Å²) in [4.78, 5) is 4.27. The molecule has 0 fully saturated rings. The van der Waals surface area contributed by atoms with Crippen molar-refractivity contribution in [2.45, 2.75) is 59.1 Å². The summed E-state index contributed by atoms with van der Waals surface area (Å²) in [5.41, 5.74) is 1.25. The Morgan fingerprint density at radius 3 is 2.56 bits per heavy atom. The molecule has 3 nitrogen and oxygen atoms in total. The van der Waals surface area contributed by atoms with Crippen LogP contribution in [0.2, 0.25) is 0 Å². The van der Waals surface area contributed by atoms with Crippen molar-refractivity contribution < 1.29 is 4.74 Å². The molecule has 0 bridgehead atoms. The van der Waals surface area contributed by atoms with E-state index in [4.69, 9.17) is 4.74 Å². The zero-order valence-corrected chi connectivity index (χ0v) is 12.2. The van der Waals surface area contributed by atoms with Gasteiger partial charge in [0.15, 0.2) is 0 Å². The van der Waals surface area contributed by atoms with Crippen LogP contribution in [0.4, 0.5) is 0 Å². The van der Waals surface area contributed by atoms with Crippen molar-refractivity contribution in [2.75, 3.05) is 6.54 Å². The van der Waals surface area contributed by atoms with Crippen molar-refractivity contribution in [3.05, 3.63) is 24.0 Å². The Morgan fingerprint density at radius 2 is 1.94 bits per heavy atom. The third-order valence-corrected chi connectivity index (χ3v) is 2.93. The van der Waals surface area contributed by atoms with Crippen LogP contribution in [-0.4, -0.2) is 23.7 Å². The minimum Gasteiger partial charge on any atom is -0.489 e. The van der Waals surface area contributed by atoms with E-state index in [1.165, 1.54) is 5.56 Å². The summed E-state index contributed by atoms with van der Waals surface area (Å²) in [7, 11) is 0. The largest absolute Gasteiger partial charge is 0.489 e. The average molecular weight is 250 g/mol. The van der Waals surface area contributed by atoms with Gasteiger partial charge in [0, 0.05) is 12.2 Å². The van der Waals surface area contributed by atoms with Crippen molar-refractivity contribution in [1.82, 2.24) is 10.3 Å². The van der Waals surface area contributed by atoms with E-state index in [9.17, 15) is 0 Å². The van der Waals surface area contributed by atoms with Crippen LogP contribution in [-0.2, 0) is 0 Å². The minimum absolute atomic E-state index is 0.193. The molecule has 1 aromatic rings. The van der Waals surface area contributed by atoms with Crippen LogP contribution in [0.15, 0.2) is 18.5 Å². The molecule has 0 spiro atoms. The first-order valence-corrected chi connectivity index (χ1v) is 6.87. The Morgan fingerprint density at radius 1 is 1.22 bits per heavy atom. The molecule has 1 heterocycles. The molecule has 3 heteroatoms. The van der Waals surface area contributed by atoms with Gasteiger partial charge in [0.1, 0.15) is 5.75 Å². The maximum Gasteiger partial charge on any atom is 0.138 e. The van der Waals surface area contributed by atoms with Gasteiger partial charge in [-0.25, -0.2) is 0 Å². The van der Waals surface area contributed by atoms with Crippen LogP contribution in [0.1, 0.15) is 52.5 Å². The first kappa shape index (κ1) is 15.0. The van der Waals surface area contributed by atoms with E-state index in [1.807, 2.05) is 20.0 Å². The lowest BCUT2D eigenvalue weighted by Gasteiger charge is -2.19. The van der Waals surface area contributed by atoms with Crippen LogP contribution >= 0.6 is 0 Å². The van der Waals surface area contributed by atoms with Gasteiger partial charge in [-0.15, -0.1) is 0 Å². The number of rotatable bonds is 7. The Hall–Kier alpha value is -1.09. The van der Waals surface area contributed by atoms with Crippen molar-refractivity contribution in [2.24, 2.45) is 0 Å². The highest BCUT2D eigenvalue weighted by atomic mass is 16.5. The molecule has 0 amide bonds. The molecular formula is C15H26N2O. The predicted octanol–water partition coefficient (Wildman–Crippen LogP) is 3.36. The van der Waals surface area contributed by atoms with E-state index in [1.54, 1.807) is 6.20 Å². The molecule has 0 radical (unpaired) electrons. The second kappa shape index (κ2) is 7.37. The van der Waals surface area contributed by atoms with E-state index in [0.717, 1.165) is 18.7 Å². The zero-order chi connectivity index (χ0) is 13.5. The summed E-state index contributed by atoms with van der Waals surface area (Å²) >= 11 is 0. The van der Waals surface area contributed by atoms with E-state index < -0.39 is 0 Å². The zero-order valence-electron chi connectivity index (χ0n) is 12.2. The molecular weight excluding hydrogens is 224 g/mol. The number of nitrogens with one attached hydrogen (secondary N) is 1. The summed E-state index contributed by atoms with van der Waals surface area (Å²) in [6.45, 7) is 11.7. The van der Waals surface area contributed by atoms with Crippen LogP contribution in [0.3, 0.4) is 0 Å². The number of ether oxygens (including phenoxy) is 1. The topological polar surface area (TPSA) is 34.2 Å². The highest BCUT2D eigenvalue weighted by molar-refractivity contribution is 5.26. The number of hydrogen-bond donors (Lipinski definition) is 1. The fourth-order valence-corrected chi connectivity index (χ4v) is 2.14. The van der Waals surface area contributed by atoms with Gasteiger partial charge >= 0.3 is 0 Å². The van der Waals surface area contributed by atoms with Gasteiger partial charge in [0.25, 0.3) is 0 Å². The summed E-state index contributed by atoms with van der Waals surface area (Å²) in [5, 5.41) is 3.44. The highest BCUT2D eigenvalue weighted by Gasteiger charge is 2.11. The molecule has 0 aliphatic rings. The molecule has 1 N–H and O–H groups in total. The molecule has 0 saturated heterocycles. The van der Waals surface area contributed by atoms with Gasteiger partial charge in [0.2, 0.25) is 0 Å². The van der Waals surface area contributed by atoms with Gasteiger partial charge in [-0.2, -0.15) is 0 Å². The quantitative estimate of drug-likeness (QED) is 0.805. The van der Waals surface area contributed by atoms with Crippen LogP contribution in [0.5, 0.6) is 5.75 Å². The van der Waals surface area contributed by atoms with E-state index in [-0.39, 0.29) is 6.10 Å². The van der Waals surface area contributed by atoms with Gasteiger partial charge in [0.05, 0.1) is 12.3 Å². The third kappa shape index (κ3) is 5.05. The Labute approximate surface area is 111 Å². The lowest BCUT2D eigenvalue weighted by atomic mass is 9.96. The SMILES string of the molecule is CCNC(C)CC(C)c1cncc(OC(C)C)c1. The second-order valence-corrected chi connectivity index (χ2v) is 5.22. The summed E-state index contributed by atoms with van der Waals surface area (Å²) in [5.74, 6) is 1.35. The fourth-order valence-electron chi connectivity index (χ4n) is 2.14. The molecule has 1 aromatic heterocycles. The van der Waals surface area contributed by atoms with Gasteiger partial charge in [-0.05, 0) is 51.3 Å². The van der Waals surface area contributed by atoms with E-state index in [2.05, 4.69) is 37.1 Å². The molecule has 2 atom stereocenters. The van der Waals surface area contributed by atoms with E-state index in [0.29, 0.717) is 12.0 Å². The molecule has 18 heavy (non-hydrogen) atoms. The standard InChI is InChI=1S/C15H26N2O/c1-6-17-13(5)7-12(4)14-8-15(10-16-9-14)18-11(2)3/h8-13,17H,6-7H2,1-5H3. The van der Waals surface area contributed by atoms with Crippen LogP contribution in [0, 0.1) is 0 Å². The van der Waals surface area contributed by atoms with Gasteiger partial charge in [-0.1, -0.05) is 13.8 Å². The minimum atomic E-state index is 0.193. The first-order valence-electron chi connectivity index (χ1n) is 6.87. The Kier molecular flexibility index (Phi) is 6.13. The van der Waals surface area contributed by atoms with E-state index >= 15 is 0 Å². The maximum atomic E-state index is 5.68. The maximum absolute atomic E-state index is 5.68. The highest BCUT2D eigenvalue weighted by Crippen LogP contribution is 2.23. The van der Waals surface area contributed by atoms with Crippen molar-refractivity contribution in [1.29, 1.82) is 0 Å². The monoisotopic (exact) mass is 250 g/mol. The summed E-state index contributed by atoms with van der Waals surface area (Å²) in [6.07, 6.45) is 5.03. The molecule has 0 aliphatic heterocycles. The smallest absolute Gasteiger partial charge is 0.138 e. The Balaban J connectivity index is 2.64. The number of pyridine rings is 1. The van der Waals surface area contributed by atoms with Crippen LogP contribution in [0.25, 0.3) is 0 Å². The summed E-state index contributed by atoms with van der Waals surface area (Å²) in [6, 6.07) is 2.63. The molecule has 2 unspecified atom stereocenters. The number of aromatic nitrogens is 1. The molecule has 0 aliphatic carbocycles. The molecule has 1 rings (SSSR count). The summed E-state index contributed by atoms with van der Waals surface area (Å²) < 4.78 is 5.68. The molecule has 0 saturated carbocycles. The number of nitrogens with zero attached hydrogens (tertiary/aromatic N) is 1. The normalized spacial score (nSPS) is 14.6. The average Bonchev–Trinajstić information content (AvgIpc) is 2.28. The Bertz CT molecular complexity index is 352. The molecule has 0 aromatic carbocycles. The van der Waals surface area contributed by atoms with Crippen molar-refractivity contribution in [3.8, 4) is 5.75 Å². The lowest BCUT2D eigenvalue weighted by Crippen LogP contribution is -2.26. The number of hydrogen-bond acceptors (Lipinski definition) is 3. The van der Waals surface area contributed by atoms with Crippen molar-refractivity contribution in [3.63, 3.8) is 0 Å². The van der Waals surface area contributed by atoms with Gasteiger partial charge < -0.3 is 10.1 Å². The third-order valence-electron chi connectivity index (χ3n) is 2.93.